The zero-order valence-electron chi connectivity index (χ0n) is 52.2. The Morgan fingerprint density at radius 2 is 0.610 bits per heavy atom. The van der Waals surface area contributed by atoms with Gasteiger partial charge in [0.2, 0.25) is 5.91 Å². The maximum absolute atomic E-state index is 12.5. The lowest BCUT2D eigenvalue weighted by atomic mass is 10.0. The van der Waals surface area contributed by atoms with Gasteiger partial charge in [-0.1, -0.05) is 346 Å². The third kappa shape index (κ3) is 63.4. The summed E-state index contributed by atoms with van der Waals surface area (Å²) in [6.07, 6.45) is 83.9. The molecule has 0 aromatic heterocycles. The van der Waals surface area contributed by atoms with Gasteiger partial charge in [-0.05, 0) is 57.8 Å². The van der Waals surface area contributed by atoms with Gasteiger partial charge in [-0.3, -0.25) is 9.59 Å². The number of ether oxygens (including phenoxy) is 1. The second kappa shape index (κ2) is 66.8. The number of aliphatic hydroxyl groups excluding tert-OH is 2. The van der Waals surface area contributed by atoms with E-state index in [4.69, 9.17) is 4.74 Å². The van der Waals surface area contributed by atoms with E-state index in [2.05, 4.69) is 31.3 Å². The van der Waals surface area contributed by atoms with Crippen molar-refractivity contribution in [1.29, 1.82) is 0 Å². The number of rotatable bonds is 66. The first-order valence-electron chi connectivity index (χ1n) is 35.1. The number of carbonyl (C=O) groups excluding carboxylic acids is 2. The van der Waals surface area contributed by atoms with Gasteiger partial charge >= 0.3 is 5.97 Å². The largest absolute Gasteiger partial charge is 0.466 e. The lowest BCUT2D eigenvalue weighted by Gasteiger charge is -2.20. The summed E-state index contributed by atoms with van der Waals surface area (Å²) in [6, 6.07) is -0.628. The molecule has 0 radical (unpaired) electrons. The van der Waals surface area contributed by atoms with Crippen LogP contribution in [-0.4, -0.2) is 47.4 Å². The van der Waals surface area contributed by atoms with Crippen molar-refractivity contribution in [2.45, 2.75) is 405 Å². The molecule has 0 spiro atoms. The maximum Gasteiger partial charge on any atom is 0.305 e. The van der Waals surface area contributed by atoms with Crippen molar-refractivity contribution in [3.8, 4) is 0 Å². The van der Waals surface area contributed by atoms with Gasteiger partial charge in [-0.2, -0.15) is 0 Å². The molecule has 0 aliphatic heterocycles. The molecule has 2 unspecified atom stereocenters. The van der Waals surface area contributed by atoms with E-state index in [1.54, 1.807) is 6.08 Å². The highest BCUT2D eigenvalue weighted by Gasteiger charge is 2.18. The molecule has 1 amide bonds. The predicted octanol–water partition coefficient (Wildman–Crippen LogP) is 22.5. The number of hydrogen-bond acceptors (Lipinski definition) is 5. The first-order valence-corrected chi connectivity index (χ1v) is 35.1. The number of esters is 1. The van der Waals surface area contributed by atoms with E-state index in [1.165, 1.54) is 321 Å². The Morgan fingerprint density at radius 3 is 0.922 bits per heavy atom. The van der Waals surface area contributed by atoms with Crippen LogP contribution in [0.15, 0.2) is 24.3 Å². The zero-order chi connectivity index (χ0) is 55.7. The Hall–Kier alpha value is -1.66. The summed E-state index contributed by atoms with van der Waals surface area (Å²) in [7, 11) is 0. The molecule has 2 atom stereocenters. The van der Waals surface area contributed by atoms with E-state index in [0.29, 0.717) is 19.4 Å². The van der Waals surface area contributed by atoms with Crippen molar-refractivity contribution in [3.63, 3.8) is 0 Å². The summed E-state index contributed by atoms with van der Waals surface area (Å²) >= 11 is 0. The fraction of sp³-hybridized carbons (Fsp3) is 0.915. The molecule has 0 saturated heterocycles. The fourth-order valence-corrected chi connectivity index (χ4v) is 11.1. The Labute approximate surface area is 481 Å². The van der Waals surface area contributed by atoms with Crippen LogP contribution < -0.4 is 5.32 Å². The van der Waals surface area contributed by atoms with Gasteiger partial charge < -0.3 is 20.3 Å². The molecule has 6 heteroatoms. The fourth-order valence-electron chi connectivity index (χ4n) is 11.1. The van der Waals surface area contributed by atoms with Crippen molar-refractivity contribution in [2.75, 3.05) is 13.2 Å². The summed E-state index contributed by atoms with van der Waals surface area (Å²) in [6.45, 7) is 4.93. The number of hydrogen-bond donors (Lipinski definition) is 3. The number of nitrogens with one attached hydrogen (secondary N) is 1. The second-order valence-electron chi connectivity index (χ2n) is 24.2. The SMILES string of the molecule is CCCCCCC/C=C\CCCCCCCC(=O)OCCCCCCCCCCCCCCCCCCCCCCCCCCC(=O)NC(CO)C(O)/C=C/CCCCCCCCCCCCCCCCCCCCCC. The minimum absolute atomic E-state index is 0.00719. The Morgan fingerprint density at radius 1 is 0.351 bits per heavy atom. The van der Waals surface area contributed by atoms with Crippen molar-refractivity contribution in [1.82, 2.24) is 5.32 Å². The molecule has 0 fully saturated rings. The maximum atomic E-state index is 12.5. The van der Waals surface area contributed by atoms with Crippen LogP contribution in [-0.2, 0) is 14.3 Å². The molecule has 77 heavy (non-hydrogen) atoms. The predicted molar refractivity (Wildman–Crippen MR) is 338 cm³/mol. The molecule has 0 aromatic rings. The van der Waals surface area contributed by atoms with E-state index in [-0.39, 0.29) is 18.5 Å². The smallest absolute Gasteiger partial charge is 0.305 e. The minimum Gasteiger partial charge on any atom is -0.466 e. The molecular formula is C71H137NO5. The lowest BCUT2D eigenvalue weighted by Crippen LogP contribution is -2.45. The third-order valence-electron chi connectivity index (χ3n) is 16.5. The Balaban J connectivity index is 3.40. The average Bonchev–Trinajstić information content (AvgIpc) is 3.43. The van der Waals surface area contributed by atoms with Crippen molar-refractivity contribution in [2.24, 2.45) is 0 Å². The summed E-state index contributed by atoms with van der Waals surface area (Å²) in [5.41, 5.74) is 0. The van der Waals surface area contributed by atoms with Crippen LogP contribution in [0, 0.1) is 0 Å². The van der Waals surface area contributed by atoms with Crippen molar-refractivity contribution >= 4 is 11.9 Å². The number of allylic oxidation sites excluding steroid dienone is 3. The molecule has 0 heterocycles. The normalized spacial score (nSPS) is 12.6. The van der Waals surface area contributed by atoms with E-state index in [0.717, 1.165) is 44.9 Å². The van der Waals surface area contributed by atoms with Gasteiger partial charge in [0.15, 0.2) is 0 Å². The highest BCUT2D eigenvalue weighted by atomic mass is 16.5. The molecule has 0 aromatic carbocycles. The van der Waals surface area contributed by atoms with Crippen LogP contribution in [0.1, 0.15) is 393 Å². The highest BCUT2D eigenvalue weighted by Crippen LogP contribution is 2.19. The highest BCUT2D eigenvalue weighted by molar-refractivity contribution is 5.76. The van der Waals surface area contributed by atoms with Crippen LogP contribution in [0.3, 0.4) is 0 Å². The summed E-state index contributed by atoms with van der Waals surface area (Å²) < 4.78 is 5.49. The van der Waals surface area contributed by atoms with E-state index < -0.39 is 12.1 Å². The van der Waals surface area contributed by atoms with Crippen molar-refractivity contribution in [3.05, 3.63) is 24.3 Å². The van der Waals surface area contributed by atoms with Crippen LogP contribution in [0.4, 0.5) is 0 Å². The number of amides is 1. The third-order valence-corrected chi connectivity index (χ3v) is 16.5. The van der Waals surface area contributed by atoms with Crippen LogP contribution in [0.25, 0.3) is 0 Å². The first kappa shape index (κ1) is 75.3. The molecule has 0 saturated carbocycles. The van der Waals surface area contributed by atoms with Gasteiger partial charge in [0.1, 0.15) is 0 Å². The molecular weight excluding hydrogens is 947 g/mol. The van der Waals surface area contributed by atoms with Crippen LogP contribution in [0.2, 0.25) is 0 Å². The average molecular weight is 1080 g/mol. The van der Waals surface area contributed by atoms with E-state index in [9.17, 15) is 19.8 Å². The van der Waals surface area contributed by atoms with Crippen LogP contribution in [0.5, 0.6) is 0 Å². The molecule has 456 valence electrons. The second-order valence-corrected chi connectivity index (χ2v) is 24.2. The lowest BCUT2D eigenvalue weighted by molar-refractivity contribution is -0.143. The summed E-state index contributed by atoms with van der Waals surface area (Å²) in [5.74, 6) is -0.0555. The van der Waals surface area contributed by atoms with Crippen molar-refractivity contribution < 1.29 is 24.5 Å². The summed E-state index contributed by atoms with van der Waals surface area (Å²) in [4.78, 5) is 24.6. The number of carbonyl (C=O) groups is 2. The number of aliphatic hydroxyl groups is 2. The van der Waals surface area contributed by atoms with Gasteiger partial charge in [0.05, 0.1) is 25.4 Å². The number of unbranched alkanes of at least 4 members (excludes halogenated alkanes) is 53. The molecule has 3 N–H and O–H groups in total. The Bertz CT molecular complexity index is 1200. The standard InChI is InChI=1S/C71H137NO5/c1-3-5-7-9-11-13-15-17-19-20-21-22-27-30-33-36-39-43-47-51-55-59-63-69(74)68(67-73)72-70(75)64-60-56-52-48-44-40-37-34-31-28-25-23-24-26-29-32-35-38-42-46-50-54-58-62-66-77-71(76)65-61-57-53-49-45-41-18-16-14-12-10-8-6-4-2/h16,18,59,63,68-69,73-74H,3-15,17,19-58,60-62,64-67H2,1-2H3,(H,72,75)/b18-16-,63-59+. The molecule has 6 nitrogen and oxygen atoms in total. The van der Waals surface area contributed by atoms with Gasteiger partial charge in [0.25, 0.3) is 0 Å². The topological polar surface area (TPSA) is 95.9 Å². The zero-order valence-corrected chi connectivity index (χ0v) is 52.2. The molecule has 0 aliphatic carbocycles. The quantitative estimate of drug-likeness (QED) is 0.0320. The van der Waals surface area contributed by atoms with Gasteiger partial charge in [0, 0.05) is 12.8 Å². The molecule has 0 aliphatic rings. The monoisotopic (exact) mass is 1080 g/mol. The van der Waals surface area contributed by atoms with E-state index >= 15 is 0 Å². The molecule has 0 bridgehead atoms. The van der Waals surface area contributed by atoms with Crippen LogP contribution >= 0.6 is 0 Å². The molecule has 0 rings (SSSR count). The van der Waals surface area contributed by atoms with Gasteiger partial charge in [-0.15, -0.1) is 0 Å². The Kier molecular flexibility index (Phi) is 65.4. The minimum atomic E-state index is -0.845. The first-order chi connectivity index (χ1) is 38.0. The van der Waals surface area contributed by atoms with E-state index in [1.807, 2.05) is 6.08 Å². The summed E-state index contributed by atoms with van der Waals surface area (Å²) in [5, 5.41) is 23.3. The van der Waals surface area contributed by atoms with Gasteiger partial charge in [-0.25, -0.2) is 0 Å².